The third-order valence-electron chi connectivity index (χ3n) is 5.98. The maximum absolute atomic E-state index is 11.5. The summed E-state index contributed by atoms with van der Waals surface area (Å²) in [6.07, 6.45) is 17.6. The molecule has 0 saturated heterocycles. The molecule has 1 N–H and O–H groups in total. The van der Waals surface area contributed by atoms with Gasteiger partial charge in [0, 0.05) is 0 Å². The molecule has 1 aromatic carbocycles. The lowest BCUT2D eigenvalue weighted by Crippen LogP contribution is -2.26. The molecular formula is C26H46O4S. The molecule has 0 fully saturated rings. The molecule has 1 rings (SSSR count). The van der Waals surface area contributed by atoms with Gasteiger partial charge in [-0.15, -0.1) is 0 Å². The molecule has 31 heavy (non-hydrogen) atoms. The fourth-order valence-electron chi connectivity index (χ4n) is 3.92. The van der Waals surface area contributed by atoms with Gasteiger partial charge < -0.3 is 4.74 Å². The number of benzene rings is 1. The third-order valence-corrected chi connectivity index (χ3v) is 7.29. The van der Waals surface area contributed by atoms with Gasteiger partial charge in [-0.1, -0.05) is 91.0 Å². The number of hydrogen-bond acceptors (Lipinski definition) is 3. The first-order valence-electron chi connectivity index (χ1n) is 12.6. The first kappa shape index (κ1) is 28.0. The van der Waals surface area contributed by atoms with Crippen molar-refractivity contribution in [3.8, 4) is 5.75 Å². The van der Waals surface area contributed by atoms with Crippen LogP contribution in [0.25, 0.3) is 0 Å². The molecule has 0 spiro atoms. The van der Waals surface area contributed by atoms with Crippen LogP contribution in [-0.4, -0.2) is 24.8 Å². The Hall–Kier alpha value is -1.07. The van der Waals surface area contributed by atoms with Crippen molar-refractivity contribution in [1.29, 1.82) is 0 Å². The average molecular weight is 455 g/mol. The van der Waals surface area contributed by atoms with Crippen LogP contribution in [0.3, 0.4) is 0 Å². The molecule has 0 saturated carbocycles. The Balaban J connectivity index is 2.69. The molecule has 180 valence electrons. The lowest BCUT2D eigenvalue weighted by atomic mass is 9.99. The van der Waals surface area contributed by atoms with Crippen LogP contribution in [0, 0.1) is 0 Å². The normalized spacial score (nSPS) is 12.8. The van der Waals surface area contributed by atoms with Gasteiger partial charge in [0.05, 0.1) is 0 Å². The zero-order valence-corrected chi connectivity index (χ0v) is 21.0. The smallest absolute Gasteiger partial charge is 0.271 e. The Labute approximate surface area is 191 Å². The summed E-state index contributed by atoms with van der Waals surface area (Å²) < 4.78 is 38.2. The topological polar surface area (TPSA) is 63.6 Å². The minimum Gasteiger partial charge on any atom is -0.492 e. The molecule has 0 aliphatic heterocycles. The van der Waals surface area contributed by atoms with Gasteiger partial charge in [0.15, 0.2) is 0 Å². The predicted molar refractivity (Wildman–Crippen MR) is 132 cm³/mol. The number of ether oxygens (including phenoxy) is 1. The van der Waals surface area contributed by atoms with Gasteiger partial charge in [-0.05, 0) is 55.4 Å². The molecule has 0 aromatic heterocycles. The maximum atomic E-state index is 11.5. The Morgan fingerprint density at radius 1 is 0.742 bits per heavy atom. The second-order valence-electron chi connectivity index (χ2n) is 8.88. The molecule has 1 atom stereocenters. The van der Waals surface area contributed by atoms with E-state index in [0.29, 0.717) is 6.42 Å². The Morgan fingerprint density at radius 2 is 1.19 bits per heavy atom. The van der Waals surface area contributed by atoms with E-state index in [1.807, 2.05) is 12.1 Å². The van der Waals surface area contributed by atoms with Gasteiger partial charge in [0.25, 0.3) is 10.1 Å². The van der Waals surface area contributed by atoms with Gasteiger partial charge in [-0.2, -0.15) is 8.42 Å². The number of hydrogen-bond donors (Lipinski definition) is 1. The Bertz CT molecular complexity index is 650. The van der Waals surface area contributed by atoms with E-state index < -0.39 is 15.4 Å². The molecule has 4 nitrogen and oxygen atoms in total. The van der Waals surface area contributed by atoms with Crippen molar-refractivity contribution in [2.45, 2.75) is 122 Å². The lowest BCUT2D eigenvalue weighted by molar-refractivity contribution is 0.301. The van der Waals surface area contributed by atoms with E-state index in [9.17, 15) is 13.0 Å². The van der Waals surface area contributed by atoms with Gasteiger partial charge in [-0.3, -0.25) is 4.55 Å². The van der Waals surface area contributed by atoms with Crippen LogP contribution in [0.2, 0.25) is 0 Å². The van der Waals surface area contributed by atoms with Crippen molar-refractivity contribution >= 4 is 10.1 Å². The first-order chi connectivity index (χ1) is 14.9. The minimum atomic E-state index is -4.08. The average Bonchev–Trinajstić information content (AvgIpc) is 2.72. The van der Waals surface area contributed by atoms with Gasteiger partial charge in [-0.25, -0.2) is 0 Å². The van der Waals surface area contributed by atoms with Crippen molar-refractivity contribution in [3.63, 3.8) is 0 Å². The standard InChI is InChI=1S/C26H46O4S/c1-4-7-9-11-13-15-17-23-19-24(18-16-14-12-10-8-5-2)21-25(20-23)30-22-26(6-3)31(27,28)29/h19-21,26H,4-18,22H2,1-3H3,(H,27,28,29). The van der Waals surface area contributed by atoms with Crippen LogP contribution < -0.4 is 4.74 Å². The predicted octanol–water partition coefficient (Wildman–Crippen LogP) is 7.54. The fourth-order valence-corrected chi connectivity index (χ4v) is 4.58. The van der Waals surface area contributed by atoms with Crippen LogP contribution >= 0.6 is 0 Å². The largest absolute Gasteiger partial charge is 0.492 e. The van der Waals surface area contributed by atoms with Crippen LogP contribution in [0.4, 0.5) is 0 Å². The zero-order valence-electron chi connectivity index (χ0n) is 20.2. The van der Waals surface area contributed by atoms with Crippen molar-refractivity contribution in [2.75, 3.05) is 6.61 Å². The van der Waals surface area contributed by atoms with E-state index in [4.69, 9.17) is 4.74 Å². The molecule has 0 aliphatic rings. The highest BCUT2D eigenvalue weighted by molar-refractivity contribution is 7.86. The fraction of sp³-hybridized carbons (Fsp3) is 0.769. The third kappa shape index (κ3) is 13.2. The van der Waals surface area contributed by atoms with E-state index in [-0.39, 0.29) is 6.61 Å². The molecule has 0 radical (unpaired) electrons. The summed E-state index contributed by atoms with van der Waals surface area (Å²) in [6.45, 7) is 6.22. The van der Waals surface area contributed by atoms with Crippen molar-refractivity contribution < 1.29 is 17.7 Å². The number of unbranched alkanes of at least 4 members (excludes halogenated alkanes) is 10. The maximum Gasteiger partial charge on any atom is 0.271 e. The molecule has 0 aliphatic carbocycles. The second kappa shape index (κ2) is 16.5. The number of rotatable bonds is 19. The minimum absolute atomic E-state index is 0.00768. The highest BCUT2D eigenvalue weighted by Crippen LogP contribution is 2.22. The summed E-state index contributed by atoms with van der Waals surface area (Å²) in [7, 11) is -4.08. The summed E-state index contributed by atoms with van der Waals surface area (Å²) in [4.78, 5) is 0. The first-order valence-corrected chi connectivity index (χ1v) is 14.1. The van der Waals surface area contributed by atoms with E-state index in [2.05, 4.69) is 19.9 Å². The monoisotopic (exact) mass is 454 g/mol. The van der Waals surface area contributed by atoms with E-state index in [1.165, 1.54) is 88.2 Å². The number of aryl methyl sites for hydroxylation is 2. The van der Waals surface area contributed by atoms with Gasteiger partial charge in [0.2, 0.25) is 0 Å². The molecular weight excluding hydrogens is 408 g/mol. The SMILES string of the molecule is CCCCCCCCc1cc(CCCCCCCC)cc(OCC(CC)S(=O)(=O)O)c1. The summed E-state index contributed by atoms with van der Waals surface area (Å²) in [5.41, 5.74) is 2.54. The Kier molecular flexibility index (Phi) is 14.9. The van der Waals surface area contributed by atoms with Crippen LogP contribution in [0.5, 0.6) is 5.75 Å². The molecule has 0 bridgehead atoms. The van der Waals surface area contributed by atoms with Crippen LogP contribution in [-0.2, 0) is 23.0 Å². The molecule has 5 heteroatoms. The van der Waals surface area contributed by atoms with Crippen molar-refractivity contribution in [3.05, 3.63) is 29.3 Å². The van der Waals surface area contributed by atoms with Gasteiger partial charge >= 0.3 is 0 Å². The van der Waals surface area contributed by atoms with Crippen molar-refractivity contribution in [1.82, 2.24) is 0 Å². The Morgan fingerprint density at radius 3 is 1.61 bits per heavy atom. The highest BCUT2D eigenvalue weighted by Gasteiger charge is 2.21. The van der Waals surface area contributed by atoms with Crippen molar-refractivity contribution in [2.24, 2.45) is 0 Å². The van der Waals surface area contributed by atoms with Crippen LogP contribution in [0.1, 0.15) is 115 Å². The molecule has 1 aromatic rings. The summed E-state index contributed by atoms with van der Waals surface area (Å²) in [5, 5.41) is -0.878. The molecule has 1 unspecified atom stereocenters. The van der Waals surface area contributed by atoms with E-state index >= 15 is 0 Å². The lowest BCUT2D eigenvalue weighted by Gasteiger charge is -2.15. The zero-order chi connectivity index (χ0) is 23.0. The second-order valence-corrected chi connectivity index (χ2v) is 10.6. The summed E-state index contributed by atoms with van der Waals surface area (Å²) in [5.74, 6) is 0.728. The summed E-state index contributed by atoms with van der Waals surface area (Å²) >= 11 is 0. The summed E-state index contributed by atoms with van der Waals surface area (Å²) in [6, 6.07) is 6.39. The highest BCUT2D eigenvalue weighted by atomic mass is 32.2. The molecule has 0 amide bonds. The molecule has 0 heterocycles. The van der Waals surface area contributed by atoms with Gasteiger partial charge in [0.1, 0.15) is 17.6 Å². The van der Waals surface area contributed by atoms with E-state index in [1.54, 1.807) is 6.92 Å². The quantitative estimate of drug-likeness (QED) is 0.173. The van der Waals surface area contributed by atoms with Crippen LogP contribution in [0.15, 0.2) is 18.2 Å². The van der Waals surface area contributed by atoms with E-state index in [0.717, 1.165) is 18.6 Å².